The lowest BCUT2D eigenvalue weighted by Crippen LogP contribution is -2.15. The molecule has 0 saturated heterocycles. The Bertz CT molecular complexity index is 939. The van der Waals surface area contributed by atoms with Gasteiger partial charge in [-0.25, -0.2) is 0 Å². The van der Waals surface area contributed by atoms with Gasteiger partial charge in [-0.15, -0.1) is 0 Å². The molecule has 0 aliphatic heterocycles. The van der Waals surface area contributed by atoms with Crippen molar-refractivity contribution in [3.63, 3.8) is 0 Å². The molecule has 1 amide bonds. The Morgan fingerprint density at radius 2 is 0.909 bits per heavy atom. The highest BCUT2D eigenvalue weighted by molar-refractivity contribution is 5.88. The lowest BCUT2D eigenvalue weighted by atomic mass is 10.0. The van der Waals surface area contributed by atoms with Crippen LogP contribution in [0, 0.1) is 0 Å². The van der Waals surface area contributed by atoms with Gasteiger partial charge in [0.15, 0.2) is 0 Å². The largest absolute Gasteiger partial charge is 0.491 e. The third kappa shape index (κ3) is 21.1. The molecule has 0 aliphatic rings. The highest BCUT2D eigenvalue weighted by Gasteiger charge is 2.00. The summed E-state index contributed by atoms with van der Waals surface area (Å²) in [7, 11) is 0. The van der Waals surface area contributed by atoms with Crippen LogP contribution in [-0.4, -0.2) is 85.2 Å². The molecule has 0 bridgehead atoms. The van der Waals surface area contributed by atoms with Crippen molar-refractivity contribution in [3.05, 3.63) is 54.1 Å². The molecule has 0 radical (unpaired) electrons. The van der Waals surface area contributed by atoms with Crippen LogP contribution in [0.4, 0.5) is 5.69 Å². The standard InChI is InChI=1S/C35H55NO8/c1-3-4-5-6-7-8-9-10-32-11-15-34(16-12-32)43-29-27-41-25-23-39-21-19-38-20-22-40-24-26-42-28-30-44-35-17-13-33(14-18-35)36-31(2)37/h11-18H,3-10,19-30H2,1-2H3,(H,36,37). The molecule has 0 spiro atoms. The Hall–Kier alpha value is -2.69. The van der Waals surface area contributed by atoms with Crippen LogP contribution in [0.5, 0.6) is 11.5 Å². The van der Waals surface area contributed by atoms with Crippen molar-refractivity contribution in [3.8, 4) is 11.5 Å². The van der Waals surface area contributed by atoms with E-state index in [2.05, 4.69) is 36.5 Å². The van der Waals surface area contributed by atoms with E-state index >= 15 is 0 Å². The van der Waals surface area contributed by atoms with Gasteiger partial charge in [0.1, 0.15) is 24.7 Å². The first-order valence-electron chi connectivity index (χ1n) is 16.3. The van der Waals surface area contributed by atoms with Crippen LogP contribution < -0.4 is 14.8 Å². The normalized spacial score (nSPS) is 11.0. The second-order valence-corrected chi connectivity index (χ2v) is 10.5. The van der Waals surface area contributed by atoms with Gasteiger partial charge in [-0.2, -0.15) is 0 Å². The molecule has 9 heteroatoms. The van der Waals surface area contributed by atoms with E-state index in [4.69, 9.17) is 33.2 Å². The third-order valence-corrected chi connectivity index (χ3v) is 6.65. The molecule has 2 rings (SSSR count). The minimum Gasteiger partial charge on any atom is -0.491 e. The van der Waals surface area contributed by atoms with Crippen molar-refractivity contribution < 1.29 is 38.0 Å². The zero-order valence-corrected chi connectivity index (χ0v) is 27.0. The number of hydrogen-bond acceptors (Lipinski definition) is 8. The zero-order chi connectivity index (χ0) is 31.3. The molecular weight excluding hydrogens is 562 g/mol. The van der Waals surface area contributed by atoms with E-state index in [1.54, 1.807) is 12.1 Å². The maximum Gasteiger partial charge on any atom is 0.221 e. The summed E-state index contributed by atoms with van der Waals surface area (Å²) in [5.41, 5.74) is 2.12. The van der Waals surface area contributed by atoms with Crippen LogP contribution in [0.15, 0.2) is 48.5 Å². The molecule has 2 aromatic rings. The van der Waals surface area contributed by atoms with E-state index in [-0.39, 0.29) is 5.91 Å². The molecular formula is C35H55NO8. The number of carbonyl (C=O) groups is 1. The molecule has 248 valence electrons. The van der Waals surface area contributed by atoms with Gasteiger partial charge >= 0.3 is 0 Å². The minimum absolute atomic E-state index is 0.102. The average Bonchev–Trinajstić information content (AvgIpc) is 3.03. The van der Waals surface area contributed by atoms with E-state index in [9.17, 15) is 4.79 Å². The number of hydrogen-bond donors (Lipinski definition) is 1. The Labute approximate surface area is 264 Å². The van der Waals surface area contributed by atoms with Crippen LogP contribution >= 0.6 is 0 Å². The molecule has 2 aromatic carbocycles. The number of anilines is 1. The number of nitrogens with one attached hydrogen (secondary N) is 1. The number of ether oxygens (including phenoxy) is 7. The van der Waals surface area contributed by atoms with E-state index in [1.165, 1.54) is 57.4 Å². The second-order valence-electron chi connectivity index (χ2n) is 10.5. The molecule has 0 aliphatic carbocycles. The summed E-state index contributed by atoms with van der Waals surface area (Å²) < 4.78 is 39.0. The zero-order valence-electron chi connectivity index (χ0n) is 27.0. The van der Waals surface area contributed by atoms with E-state index in [1.807, 2.05) is 12.1 Å². The van der Waals surface area contributed by atoms with Crippen LogP contribution in [-0.2, 0) is 34.9 Å². The van der Waals surface area contributed by atoms with E-state index < -0.39 is 0 Å². The van der Waals surface area contributed by atoms with Crippen molar-refractivity contribution in [2.24, 2.45) is 0 Å². The van der Waals surface area contributed by atoms with Gasteiger partial charge in [-0.1, -0.05) is 57.6 Å². The van der Waals surface area contributed by atoms with Crippen LogP contribution in [0.1, 0.15) is 64.4 Å². The first kappa shape index (κ1) is 37.5. The molecule has 0 unspecified atom stereocenters. The fourth-order valence-electron chi connectivity index (χ4n) is 4.29. The van der Waals surface area contributed by atoms with Crippen LogP contribution in [0.3, 0.4) is 0 Å². The highest BCUT2D eigenvalue weighted by atomic mass is 16.6. The van der Waals surface area contributed by atoms with Crippen molar-refractivity contribution in [1.82, 2.24) is 0 Å². The molecule has 1 N–H and O–H groups in total. The number of unbranched alkanes of at least 4 members (excludes halogenated alkanes) is 6. The summed E-state index contributed by atoms with van der Waals surface area (Å²) in [6, 6.07) is 15.6. The summed E-state index contributed by atoms with van der Waals surface area (Å²) in [6.07, 6.45) is 10.5. The Kier molecular flexibility index (Phi) is 22.7. The maximum atomic E-state index is 11.0. The molecule has 0 aromatic heterocycles. The van der Waals surface area contributed by atoms with Crippen molar-refractivity contribution in [2.45, 2.75) is 65.2 Å². The Morgan fingerprint density at radius 1 is 0.523 bits per heavy atom. The number of carbonyl (C=O) groups excluding carboxylic acids is 1. The minimum atomic E-state index is -0.102. The van der Waals surface area contributed by atoms with Crippen molar-refractivity contribution in [1.29, 1.82) is 0 Å². The molecule has 9 nitrogen and oxygen atoms in total. The quantitative estimate of drug-likeness (QED) is 0.104. The van der Waals surface area contributed by atoms with Gasteiger partial charge in [0.2, 0.25) is 5.91 Å². The summed E-state index contributed by atoms with van der Waals surface area (Å²) in [5.74, 6) is 1.51. The summed E-state index contributed by atoms with van der Waals surface area (Å²) in [5, 5.41) is 2.72. The monoisotopic (exact) mass is 617 g/mol. The fraction of sp³-hybridized carbons (Fsp3) is 0.629. The first-order valence-corrected chi connectivity index (χ1v) is 16.3. The smallest absolute Gasteiger partial charge is 0.221 e. The van der Waals surface area contributed by atoms with Crippen molar-refractivity contribution in [2.75, 3.05) is 84.6 Å². The van der Waals surface area contributed by atoms with E-state index in [0.717, 1.165) is 23.6 Å². The maximum absolute atomic E-state index is 11.0. The fourth-order valence-corrected chi connectivity index (χ4v) is 4.29. The van der Waals surface area contributed by atoms with Crippen LogP contribution in [0.25, 0.3) is 0 Å². The summed E-state index contributed by atoms with van der Waals surface area (Å²) in [6.45, 7) is 9.78. The van der Waals surface area contributed by atoms with E-state index in [0.29, 0.717) is 79.3 Å². The number of rotatable bonds is 29. The van der Waals surface area contributed by atoms with Crippen molar-refractivity contribution >= 4 is 11.6 Å². The number of amides is 1. The first-order chi connectivity index (χ1) is 21.7. The molecule has 0 atom stereocenters. The Morgan fingerprint density at radius 3 is 1.34 bits per heavy atom. The Balaban J connectivity index is 1.27. The van der Waals surface area contributed by atoms with Gasteiger partial charge < -0.3 is 38.5 Å². The third-order valence-electron chi connectivity index (χ3n) is 6.65. The van der Waals surface area contributed by atoms with Gasteiger partial charge in [-0.05, 0) is 54.8 Å². The summed E-state index contributed by atoms with van der Waals surface area (Å²) in [4.78, 5) is 11.0. The highest BCUT2D eigenvalue weighted by Crippen LogP contribution is 2.16. The number of benzene rings is 2. The molecule has 0 saturated carbocycles. The predicted molar refractivity (Wildman–Crippen MR) is 174 cm³/mol. The lowest BCUT2D eigenvalue weighted by Gasteiger charge is -2.09. The molecule has 0 fully saturated rings. The molecule has 0 heterocycles. The summed E-state index contributed by atoms with van der Waals surface area (Å²) >= 11 is 0. The lowest BCUT2D eigenvalue weighted by molar-refractivity contribution is -0.114. The van der Waals surface area contributed by atoms with Gasteiger partial charge in [0.05, 0.1) is 66.1 Å². The van der Waals surface area contributed by atoms with Gasteiger partial charge in [-0.3, -0.25) is 4.79 Å². The predicted octanol–water partition coefficient (Wildman–Crippen LogP) is 6.48. The average molecular weight is 618 g/mol. The van der Waals surface area contributed by atoms with Gasteiger partial charge in [0.25, 0.3) is 0 Å². The van der Waals surface area contributed by atoms with Gasteiger partial charge in [0, 0.05) is 12.6 Å². The topological polar surface area (TPSA) is 93.7 Å². The molecule has 44 heavy (non-hydrogen) atoms. The number of aryl methyl sites for hydroxylation is 1. The van der Waals surface area contributed by atoms with Crippen LogP contribution in [0.2, 0.25) is 0 Å². The second kappa shape index (κ2) is 26.7. The SMILES string of the molecule is CCCCCCCCCc1ccc(OCCOCCOCCOCCOCCOCCOc2ccc(NC(C)=O)cc2)cc1.